The maximum Gasteiger partial charge on any atom is 0.323 e. The third-order valence-electron chi connectivity index (χ3n) is 10.2. The first-order chi connectivity index (χ1) is 17.7. The molecule has 5 rings (SSSR count). The van der Waals surface area contributed by atoms with Crippen LogP contribution >= 0.6 is 0 Å². The molecule has 200 valence electrons. The van der Waals surface area contributed by atoms with Crippen molar-refractivity contribution in [2.45, 2.75) is 83.8 Å². The molecule has 7 atom stereocenters. The molecule has 0 aliphatic heterocycles. The number of pyridine rings is 1. The number of allylic oxidation sites excluding steroid dienone is 3. The van der Waals surface area contributed by atoms with Crippen LogP contribution in [0.5, 0.6) is 0 Å². The number of hydrogen-bond acceptors (Lipinski definition) is 5. The molecule has 0 radical (unpaired) electrons. The van der Waals surface area contributed by atoms with Crippen molar-refractivity contribution in [3.63, 3.8) is 0 Å². The molecule has 4 aliphatic rings. The fraction of sp³-hybridized carbons (Fsp3) is 0.633. The Morgan fingerprint density at radius 2 is 2.03 bits per heavy atom. The number of nitrogens with two attached hydrogens (primary N) is 2. The molecule has 4 aliphatic carbocycles. The molecule has 37 heavy (non-hydrogen) atoms. The van der Waals surface area contributed by atoms with E-state index in [0.717, 1.165) is 25.7 Å². The van der Waals surface area contributed by atoms with Gasteiger partial charge in [-0.2, -0.15) is 0 Å². The zero-order valence-corrected chi connectivity index (χ0v) is 22.3. The molecule has 1 aromatic rings. The highest BCUT2D eigenvalue weighted by Crippen LogP contribution is 2.66. The number of rotatable bonds is 7. The van der Waals surface area contributed by atoms with E-state index in [2.05, 4.69) is 48.4 Å². The maximum absolute atomic E-state index is 12.7. The minimum Gasteiger partial charge on any atom is -0.461 e. The van der Waals surface area contributed by atoms with Gasteiger partial charge in [-0.15, -0.1) is 0 Å². The van der Waals surface area contributed by atoms with Crippen LogP contribution in [0.3, 0.4) is 0 Å². The first kappa shape index (κ1) is 26.0. The van der Waals surface area contributed by atoms with Crippen LogP contribution in [0.15, 0.2) is 42.3 Å². The Hall–Kier alpha value is -2.67. The Bertz CT molecular complexity index is 1080. The van der Waals surface area contributed by atoms with E-state index in [9.17, 15) is 4.79 Å². The minimum absolute atomic E-state index is 0.0647. The first-order valence-electron chi connectivity index (χ1n) is 14.1. The lowest BCUT2D eigenvalue weighted by Crippen LogP contribution is -2.50. The van der Waals surface area contributed by atoms with Crippen LogP contribution in [-0.2, 0) is 9.53 Å². The van der Waals surface area contributed by atoms with Crippen molar-refractivity contribution >= 4 is 17.5 Å². The Labute approximate surface area is 221 Å². The summed E-state index contributed by atoms with van der Waals surface area (Å²) < 4.78 is 5.90. The second-order valence-corrected chi connectivity index (χ2v) is 12.2. The molecule has 0 amide bonds. The standard InChI is InChI=1S/C30H43N5O2/c1-29-13-11-21(37-27(36)26(31)6-4-16-35-28(32)33)17-20(29)7-8-22-24-10-9-23(19-5-3-15-34-18-19)30(24,2)14-12-25(22)29/h3,5,7,9,15,18,21-22,24-26H,4,6,8,10-14,16-17,31H2,1-2H3,(H4,32,33,35)/t21-,22-,24-,25-,26?,29-,30+/m0/s1. The number of ether oxygens (including phenoxy) is 1. The van der Waals surface area contributed by atoms with Crippen molar-refractivity contribution in [3.05, 3.63) is 47.8 Å². The smallest absolute Gasteiger partial charge is 0.323 e. The first-order valence-corrected chi connectivity index (χ1v) is 14.1. The third kappa shape index (κ3) is 4.83. The van der Waals surface area contributed by atoms with Crippen LogP contribution in [0.2, 0.25) is 0 Å². The van der Waals surface area contributed by atoms with Crippen LogP contribution in [0, 0.1) is 34.0 Å². The number of fused-ring (bicyclic) bond motifs is 5. The second kappa shape index (κ2) is 10.2. The summed E-state index contributed by atoms with van der Waals surface area (Å²) in [4.78, 5) is 17.0. The van der Waals surface area contributed by atoms with Crippen molar-refractivity contribution in [1.82, 2.24) is 10.3 Å². The zero-order chi connectivity index (χ0) is 26.2. The molecule has 1 aromatic heterocycles. The molecule has 0 bridgehead atoms. The van der Waals surface area contributed by atoms with Gasteiger partial charge in [-0.1, -0.05) is 37.6 Å². The molecule has 2 fully saturated rings. The molecule has 6 N–H and O–H groups in total. The van der Waals surface area contributed by atoms with Gasteiger partial charge in [-0.25, -0.2) is 0 Å². The Balaban J connectivity index is 1.22. The van der Waals surface area contributed by atoms with Crippen molar-refractivity contribution < 1.29 is 9.53 Å². The lowest BCUT2D eigenvalue weighted by atomic mass is 9.47. The number of nitrogens with one attached hydrogen (secondary N) is 2. The van der Waals surface area contributed by atoms with Crippen LogP contribution < -0.4 is 16.8 Å². The van der Waals surface area contributed by atoms with E-state index in [-0.39, 0.29) is 28.9 Å². The van der Waals surface area contributed by atoms with E-state index >= 15 is 0 Å². The molecule has 7 heteroatoms. The van der Waals surface area contributed by atoms with Crippen molar-refractivity contribution in [2.75, 3.05) is 6.54 Å². The highest BCUT2D eigenvalue weighted by atomic mass is 16.5. The summed E-state index contributed by atoms with van der Waals surface area (Å²) in [6.45, 7) is 5.51. The average Bonchev–Trinajstić information content (AvgIpc) is 3.24. The highest BCUT2D eigenvalue weighted by molar-refractivity contribution is 5.76. The molecule has 0 spiro atoms. The largest absolute Gasteiger partial charge is 0.461 e. The van der Waals surface area contributed by atoms with Gasteiger partial charge in [0.05, 0.1) is 0 Å². The molecule has 7 nitrogen and oxygen atoms in total. The normalized spacial score (nSPS) is 35.2. The predicted octanol–water partition coefficient (Wildman–Crippen LogP) is 4.54. The number of carbonyl (C=O) groups is 1. The highest BCUT2D eigenvalue weighted by Gasteiger charge is 2.57. The predicted molar refractivity (Wildman–Crippen MR) is 146 cm³/mol. The number of aromatic nitrogens is 1. The van der Waals surface area contributed by atoms with E-state index in [1.165, 1.54) is 36.0 Å². The summed E-state index contributed by atoms with van der Waals surface area (Å²) in [6.07, 6.45) is 17.6. The fourth-order valence-electron chi connectivity index (χ4n) is 8.18. The van der Waals surface area contributed by atoms with Crippen LogP contribution in [0.25, 0.3) is 5.57 Å². The third-order valence-corrected chi connectivity index (χ3v) is 10.2. The monoisotopic (exact) mass is 505 g/mol. The average molecular weight is 506 g/mol. The molecule has 2 saturated carbocycles. The minimum atomic E-state index is -0.633. The van der Waals surface area contributed by atoms with Crippen LogP contribution in [0.4, 0.5) is 0 Å². The summed E-state index contributed by atoms with van der Waals surface area (Å²) >= 11 is 0. The summed E-state index contributed by atoms with van der Waals surface area (Å²) in [6, 6.07) is 3.64. The lowest BCUT2D eigenvalue weighted by molar-refractivity contribution is -0.153. The quantitative estimate of drug-likeness (QED) is 0.142. The topological polar surface area (TPSA) is 127 Å². The summed E-state index contributed by atoms with van der Waals surface area (Å²) in [5.74, 6) is 1.71. The number of carbonyl (C=O) groups excluding carboxylic acids is 1. The molecule has 1 heterocycles. The molecule has 1 unspecified atom stereocenters. The summed E-state index contributed by atoms with van der Waals surface area (Å²) in [7, 11) is 0. The second-order valence-electron chi connectivity index (χ2n) is 12.2. The maximum atomic E-state index is 12.7. The number of guanidine groups is 1. The SMILES string of the molecule is C[C@]12CC[C@H](OC(=O)C(N)CCCNC(=N)N)CC1=CC[C@@H]1[C@@H]2CC[C@]2(C)C(c3cccnc3)=CC[C@@H]12. The van der Waals surface area contributed by atoms with Crippen molar-refractivity contribution in [2.24, 2.45) is 40.1 Å². The van der Waals surface area contributed by atoms with Crippen LogP contribution in [-0.4, -0.2) is 35.6 Å². The van der Waals surface area contributed by atoms with Gasteiger partial charge in [0.1, 0.15) is 12.1 Å². The van der Waals surface area contributed by atoms with Crippen LogP contribution in [0.1, 0.15) is 77.2 Å². The molecule has 0 aromatic carbocycles. The van der Waals surface area contributed by atoms with Gasteiger partial charge in [-0.3, -0.25) is 15.2 Å². The molecular weight excluding hydrogens is 462 g/mol. The van der Waals surface area contributed by atoms with Crippen molar-refractivity contribution in [1.29, 1.82) is 5.41 Å². The summed E-state index contributed by atoms with van der Waals surface area (Å²) in [5, 5.41) is 9.95. The van der Waals surface area contributed by atoms with E-state index in [1.807, 2.05) is 12.4 Å². The summed E-state index contributed by atoms with van der Waals surface area (Å²) in [5.41, 5.74) is 16.1. The zero-order valence-electron chi connectivity index (χ0n) is 22.3. The molecule has 0 saturated heterocycles. The van der Waals surface area contributed by atoms with E-state index in [0.29, 0.717) is 37.1 Å². The van der Waals surface area contributed by atoms with E-state index in [4.69, 9.17) is 21.6 Å². The van der Waals surface area contributed by atoms with Gasteiger partial charge in [0, 0.05) is 25.4 Å². The van der Waals surface area contributed by atoms with Gasteiger partial charge in [0.25, 0.3) is 0 Å². The number of nitrogens with zero attached hydrogens (tertiary/aromatic N) is 1. The Kier molecular flexibility index (Phi) is 7.18. The van der Waals surface area contributed by atoms with Gasteiger partial charge in [0.2, 0.25) is 0 Å². The van der Waals surface area contributed by atoms with Gasteiger partial charge >= 0.3 is 5.97 Å². The Morgan fingerprint density at radius 1 is 1.22 bits per heavy atom. The van der Waals surface area contributed by atoms with E-state index in [1.54, 1.807) is 0 Å². The molecular formula is C30H43N5O2. The van der Waals surface area contributed by atoms with Gasteiger partial charge < -0.3 is 21.5 Å². The van der Waals surface area contributed by atoms with E-state index < -0.39 is 6.04 Å². The van der Waals surface area contributed by atoms with Gasteiger partial charge in [0.15, 0.2) is 5.96 Å². The number of esters is 1. The number of hydrogen-bond donors (Lipinski definition) is 4. The van der Waals surface area contributed by atoms with Crippen molar-refractivity contribution in [3.8, 4) is 0 Å². The fourth-order valence-corrected chi connectivity index (χ4v) is 8.18. The lowest BCUT2D eigenvalue weighted by Gasteiger charge is -2.57. The Morgan fingerprint density at radius 3 is 2.78 bits per heavy atom. The van der Waals surface area contributed by atoms with Gasteiger partial charge in [-0.05, 0) is 97.2 Å².